The normalized spacial score (nSPS) is 13.7. The minimum atomic E-state index is -0.833. The van der Waals surface area contributed by atoms with E-state index in [0.29, 0.717) is 103 Å². The molecule has 9 aromatic rings. The summed E-state index contributed by atoms with van der Waals surface area (Å²) in [5.74, 6) is -8.52. The molecule has 23 nitrogen and oxygen atoms in total. The van der Waals surface area contributed by atoms with E-state index in [2.05, 4.69) is 29.9 Å². The van der Waals surface area contributed by atoms with Crippen LogP contribution in [0.2, 0.25) is 0 Å². The van der Waals surface area contributed by atoms with E-state index >= 15 is 0 Å². The molecular formula is C86H85N4O19+. The van der Waals surface area contributed by atoms with Crippen LogP contribution in [0.25, 0.3) is 71.4 Å². The molecule has 9 aromatic carbocycles. The van der Waals surface area contributed by atoms with Crippen molar-refractivity contribution >= 4 is 109 Å². The first-order chi connectivity index (χ1) is 51.3. The van der Waals surface area contributed by atoms with E-state index in [9.17, 15) is 85.3 Å². The third kappa shape index (κ3) is 14.0. The molecule has 23 heteroatoms. The number of rotatable bonds is 13. The molecule has 0 unspecified atom stereocenters. The van der Waals surface area contributed by atoms with E-state index in [1.54, 1.807) is 112 Å². The molecule has 109 heavy (non-hydrogen) atoms. The van der Waals surface area contributed by atoms with E-state index in [1.165, 1.54) is 21.8 Å². The number of carboxylic acids is 1. The van der Waals surface area contributed by atoms with Crippen LogP contribution < -0.4 is 5.01 Å². The first kappa shape index (κ1) is 79.8. The summed E-state index contributed by atoms with van der Waals surface area (Å²) >= 11 is 0. The molecule has 2 aliphatic heterocycles. The van der Waals surface area contributed by atoms with Crippen molar-refractivity contribution < 1.29 is 99.8 Å². The van der Waals surface area contributed by atoms with E-state index in [0.717, 1.165) is 23.8 Å². The maximum Gasteiger partial charge on any atom is 0.423 e. The van der Waals surface area contributed by atoms with Gasteiger partial charge in [-0.1, -0.05) is 117 Å². The third-order valence-corrected chi connectivity index (χ3v) is 19.2. The predicted octanol–water partition coefficient (Wildman–Crippen LogP) is 16.9. The smallest absolute Gasteiger partial charge is 0.423 e. The Morgan fingerprint density at radius 3 is 1.07 bits per heavy atom. The van der Waals surface area contributed by atoms with Gasteiger partial charge in [0, 0.05) is 95.8 Å². The molecule has 0 spiro atoms. The highest BCUT2D eigenvalue weighted by atomic mass is 16.4. The first-order valence-electron chi connectivity index (χ1n) is 34.6. The van der Waals surface area contributed by atoms with Gasteiger partial charge in [0.2, 0.25) is 5.71 Å². The van der Waals surface area contributed by atoms with Gasteiger partial charge < -0.3 is 66.4 Å². The number of carbonyl (C=O) groups is 6. The number of anilines is 1. The maximum absolute atomic E-state index is 13.9. The van der Waals surface area contributed by atoms with Gasteiger partial charge >= 0.3 is 5.91 Å². The molecule has 0 bridgehead atoms. The Kier molecular flexibility index (Phi) is 22.7. The lowest BCUT2D eigenvalue weighted by atomic mass is 9.83. The van der Waals surface area contributed by atoms with Crippen LogP contribution in [0.15, 0.2) is 126 Å². The van der Waals surface area contributed by atoms with Gasteiger partial charge in [-0.2, -0.15) is 10.1 Å². The number of hydrogen-bond acceptors (Lipinski definition) is 20. The summed E-state index contributed by atoms with van der Waals surface area (Å²) in [5, 5.41) is 153. The van der Waals surface area contributed by atoms with Gasteiger partial charge in [0.25, 0.3) is 11.9 Å². The fraction of sp³-hybridized carbons (Fsp3) is 0.221. The van der Waals surface area contributed by atoms with Gasteiger partial charge in [-0.05, 0) is 155 Å². The number of phenolic OH excluding ortho intramolecular Hbond substituents is 12. The molecule has 0 fully saturated rings. The Bertz CT molecular complexity index is 5560. The number of amides is 2. The SMILES string of the molecule is C=CC1=NN(c2ccc(C)cc2)C(=O)/C1=C\c1c(O)c(O)c(C(C)C)c2cc(C)c(-c3c(C)cc4c(C(C)C)c(O)c(O)c(C=O)c4c3O)c(O)c12.C=CC1=N[N+](=C2C=CC(=C)C=C2)C(=O)C1.CC(=O)O.Cc1cc2c(C(C)C)c(O)c(O)c(C=O)c2c(O)c1-c1c(C)cc2c(C(C)C)c(O)c(O)c(C=O)c2c1O. The van der Waals surface area contributed by atoms with E-state index < -0.39 is 75.1 Å². The number of nitrogens with zero attached hydrogens (tertiary/aromatic N) is 4. The average molecular weight is 1480 g/mol. The lowest BCUT2D eigenvalue weighted by Gasteiger charge is -2.23. The van der Waals surface area contributed by atoms with Gasteiger partial charge in [0.15, 0.2) is 64.9 Å². The minimum Gasteiger partial charge on any atom is -0.507 e. The molecule has 3 aliphatic rings. The molecule has 2 heterocycles. The van der Waals surface area contributed by atoms with Crippen LogP contribution in [-0.2, 0) is 14.4 Å². The van der Waals surface area contributed by atoms with Crippen LogP contribution in [0.3, 0.4) is 0 Å². The Balaban J connectivity index is 0.000000208. The highest BCUT2D eigenvalue weighted by Crippen LogP contribution is 2.58. The molecule has 2 amide bonds. The number of aldehydes is 3. The summed E-state index contributed by atoms with van der Waals surface area (Å²) in [6, 6.07) is 13.9. The van der Waals surface area contributed by atoms with Gasteiger partial charge in [-0.15, -0.1) is 0 Å². The Morgan fingerprint density at radius 2 is 0.789 bits per heavy atom. The second kappa shape index (κ2) is 31.0. The fourth-order valence-electron chi connectivity index (χ4n) is 14.4. The number of aromatic hydroxyl groups is 12. The zero-order chi connectivity index (χ0) is 80.9. The summed E-state index contributed by atoms with van der Waals surface area (Å²) < 4.78 is 1.40. The van der Waals surface area contributed by atoms with Crippen molar-refractivity contribution in [3.63, 3.8) is 0 Å². The van der Waals surface area contributed by atoms with Crippen molar-refractivity contribution in [1.82, 2.24) is 0 Å². The second-order valence-corrected chi connectivity index (χ2v) is 28.0. The van der Waals surface area contributed by atoms with E-state index in [-0.39, 0.29) is 113 Å². The average Bonchev–Trinajstić information content (AvgIpc) is 0.895. The standard InChI is InChI=1S/C42H40N2O8.C30H30O8.C12H11N2O.C2H4O2/c1-9-29-24(42(52)44(43-29)23-12-10-20(6)11-13-23)16-27-34-25(30(18(2)3)40(50)36(27)46)14-21(7)32(38(34)48)33-22(8)15-26-31(19(4)5)41(51)37(47)28(17-45)35(26)39(33)49;1-11(2)19-15-7-13(5)21(27(35)23(15)17(9-31)25(33)29(19)37)22-14(6)8-16-20(12(3)4)30(38)26(34)18(10-32)24(16)28(22)36;1-3-10-8-12(15)14(13-10)11-6-4-9(2)5-7-11;1-2(3)4/h9-19,46-51H,1H2,2-8H3;7-12,33-38H,1-6H3;3-7H,1-2,8H2;1H3,(H,3,4)/q;;+1;/b24-16-;;;. The number of hydrazone groups is 2. The summed E-state index contributed by atoms with van der Waals surface area (Å²) in [7, 11) is 0. The fourth-order valence-corrected chi connectivity index (χ4v) is 14.4. The van der Waals surface area contributed by atoms with Gasteiger partial charge in [-0.25, -0.2) is 4.79 Å². The summed E-state index contributed by atoms with van der Waals surface area (Å²) in [5.41, 5.74) is 6.98. The molecule has 562 valence electrons. The lowest BCUT2D eigenvalue weighted by Crippen LogP contribution is -2.21. The van der Waals surface area contributed by atoms with Crippen molar-refractivity contribution in [2.75, 3.05) is 5.01 Å². The number of benzene rings is 9. The van der Waals surface area contributed by atoms with Crippen LogP contribution in [0.1, 0.15) is 179 Å². The third-order valence-electron chi connectivity index (χ3n) is 19.2. The Labute approximate surface area is 627 Å². The van der Waals surface area contributed by atoms with Crippen LogP contribution in [0.5, 0.6) is 69.0 Å². The second-order valence-electron chi connectivity index (χ2n) is 28.0. The Hall–Kier alpha value is -13.3. The highest BCUT2D eigenvalue weighted by molar-refractivity contribution is 6.36. The number of aryl methyl sites for hydroxylation is 5. The highest BCUT2D eigenvalue weighted by Gasteiger charge is 2.36. The van der Waals surface area contributed by atoms with Gasteiger partial charge in [0.1, 0.15) is 35.1 Å². The molecule has 0 saturated carbocycles. The minimum absolute atomic E-state index is 0.00512. The zero-order valence-corrected chi connectivity index (χ0v) is 62.6. The molecule has 0 saturated heterocycles. The number of allylic oxidation sites excluding steroid dienone is 7. The molecule has 13 N–H and O–H groups in total. The monoisotopic (exact) mass is 1480 g/mol. The van der Waals surface area contributed by atoms with Gasteiger partial charge in [0.05, 0.1) is 33.7 Å². The predicted molar refractivity (Wildman–Crippen MR) is 423 cm³/mol. The quantitative estimate of drug-likeness (QED) is 0.0221. The first-order valence-corrected chi connectivity index (χ1v) is 34.6. The maximum atomic E-state index is 13.9. The molecule has 0 radical (unpaired) electrons. The lowest BCUT2D eigenvalue weighted by molar-refractivity contribution is -0.445. The molecule has 0 atom stereocenters. The number of phenols is 12. The number of fused-ring (bicyclic) bond motifs is 4. The summed E-state index contributed by atoms with van der Waals surface area (Å²) in [6.07, 6.45) is 13.1. The topological polar surface area (TPSA) is 396 Å². The number of carbonyl (C=O) groups excluding carboxylic acids is 5. The number of aliphatic carboxylic acids is 1. The van der Waals surface area contributed by atoms with E-state index in [4.69, 9.17) is 9.90 Å². The van der Waals surface area contributed by atoms with Crippen molar-refractivity contribution in [1.29, 1.82) is 0 Å². The molecule has 0 aromatic heterocycles. The van der Waals surface area contributed by atoms with Gasteiger partial charge in [-0.3, -0.25) is 24.0 Å². The zero-order valence-electron chi connectivity index (χ0n) is 62.6. The summed E-state index contributed by atoms with van der Waals surface area (Å²) in [6.45, 7) is 35.4. The molecule has 1 aliphatic carbocycles. The van der Waals surface area contributed by atoms with Crippen LogP contribution in [-0.4, -0.2) is 125 Å². The molecule has 12 rings (SSSR count). The van der Waals surface area contributed by atoms with Crippen molar-refractivity contribution in [3.05, 3.63) is 188 Å². The van der Waals surface area contributed by atoms with Crippen LogP contribution >= 0.6 is 0 Å². The Morgan fingerprint density at radius 1 is 0.477 bits per heavy atom. The van der Waals surface area contributed by atoms with Crippen molar-refractivity contribution in [3.8, 4) is 91.2 Å². The number of hydrogen-bond donors (Lipinski definition) is 13. The van der Waals surface area contributed by atoms with Crippen LogP contribution in [0.4, 0.5) is 5.69 Å². The van der Waals surface area contributed by atoms with Crippen molar-refractivity contribution in [2.45, 2.75) is 127 Å². The largest absolute Gasteiger partial charge is 0.507 e. The van der Waals surface area contributed by atoms with E-state index in [1.807, 2.05) is 57.2 Å². The van der Waals surface area contributed by atoms with Crippen molar-refractivity contribution in [2.24, 2.45) is 10.2 Å². The number of carboxylic acid groups (broad SMARTS) is 1. The molecular weight excluding hydrogens is 1390 g/mol. The summed E-state index contributed by atoms with van der Waals surface area (Å²) in [4.78, 5) is 70.8. The van der Waals surface area contributed by atoms with Crippen LogP contribution in [0, 0.1) is 34.6 Å².